The highest BCUT2D eigenvalue weighted by atomic mass is 32.1. The van der Waals surface area contributed by atoms with Crippen LogP contribution in [-0.2, 0) is 10.2 Å². The van der Waals surface area contributed by atoms with Gasteiger partial charge in [-0.3, -0.25) is 4.79 Å². The van der Waals surface area contributed by atoms with Crippen molar-refractivity contribution in [2.45, 2.75) is 24.7 Å². The number of nitrogens with zero attached hydrogens (tertiary/aromatic N) is 2. The van der Waals surface area contributed by atoms with E-state index in [9.17, 15) is 10.1 Å². The van der Waals surface area contributed by atoms with E-state index in [2.05, 4.69) is 59.9 Å². The Balaban J connectivity index is 1.28. The van der Waals surface area contributed by atoms with Gasteiger partial charge in [-0.05, 0) is 46.4 Å². The van der Waals surface area contributed by atoms with Gasteiger partial charge in [-0.2, -0.15) is 5.26 Å². The van der Waals surface area contributed by atoms with Crippen LogP contribution in [0.2, 0.25) is 0 Å². The lowest BCUT2D eigenvalue weighted by Gasteiger charge is -2.54. The monoisotopic (exact) mass is 497 g/mol. The van der Waals surface area contributed by atoms with Crippen molar-refractivity contribution in [3.05, 3.63) is 119 Å². The number of hydrogen-bond donors (Lipinski definition) is 1. The van der Waals surface area contributed by atoms with Gasteiger partial charge in [0.2, 0.25) is 5.91 Å². The van der Waals surface area contributed by atoms with E-state index in [1.54, 1.807) is 0 Å². The van der Waals surface area contributed by atoms with Crippen LogP contribution in [-0.4, -0.2) is 10.9 Å². The van der Waals surface area contributed by atoms with Crippen LogP contribution < -0.4 is 5.32 Å². The summed E-state index contributed by atoms with van der Waals surface area (Å²) in [5, 5.41) is 18.6. The Hall–Kier alpha value is -4.27. The fourth-order valence-electron chi connectivity index (χ4n) is 6.63. The Morgan fingerprint density at radius 1 is 0.946 bits per heavy atom. The summed E-state index contributed by atoms with van der Waals surface area (Å²) >= 11 is 1.43. The zero-order valence-electron chi connectivity index (χ0n) is 20.2. The maximum absolute atomic E-state index is 14.1. The molecule has 0 saturated heterocycles. The van der Waals surface area contributed by atoms with Crippen molar-refractivity contribution in [3.63, 3.8) is 0 Å². The number of anilines is 1. The van der Waals surface area contributed by atoms with E-state index in [4.69, 9.17) is 4.98 Å². The first-order valence-corrected chi connectivity index (χ1v) is 13.3. The number of thiazole rings is 1. The fraction of sp³-hybridized carbons (Fsp3) is 0.156. The van der Waals surface area contributed by atoms with Gasteiger partial charge in [-0.15, -0.1) is 11.3 Å². The molecular weight excluding hydrogens is 474 g/mol. The molecule has 2 bridgehead atoms. The lowest BCUT2D eigenvalue weighted by atomic mass is 9.47. The van der Waals surface area contributed by atoms with Crippen LogP contribution in [0.1, 0.15) is 41.5 Å². The summed E-state index contributed by atoms with van der Waals surface area (Å²) in [4.78, 5) is 18.9. The molecule has 1 aromatic heterocycles. The minimum absolute atomic E-state index is 0.0973. The van der Waals surface area contributed by atoms with Gasteiger partial charge in [-0.25, -0.2) is 4.98 Å². The first-order chi connectivity index (χ1) is 18.0. The Morgan fingerprint density at radius 2 is 1.59 bits per heavy atom. The summed E-state index contributed by atoms with van der Waals surface area (Å²) in [7, 11) is 0. The number of nitrogens with one attached hydrogen (secondary N) is 1. The number of aromatic nitrogens is 1. The minimum atomic E-state index is -0.856. The van der Waals surface area contributed by atoms with E-state index in [1.807, 2.05) is 54.8 Å². The molecule has 0 aliphatic heterocycles. The molecule has 1 amide bonds. The predicted molar refractivity (Wildman–Crippen MR) is 148 cm³/mol. The Kier molecular flexibility index (Phi) is 4.67. The third-order valence-corrected chi connectivity index (χ3v) is 8.99. The third-order valence-electron chi connectivity index (χ3n) is 8.23. The van der Waals surface area contributed by atoms with Crippen molar-refractivity contribution in [2.24, 2.45) is 5.41 Å². The quantitative estimate of drug-likeness (QED) is 0.285. The number of carbonyl (C=O) groups is 1. The molecule has 1 heterocycles. The van der Waals surface area contributed by atoms with E-state index in [1.165, 1.54) is 11.3 Å². The molecule has 4 aromatic carbocycles. The van der Waals surface area contributed by atoms with Crippen LogP contribution in [0.4, 0.5) is 5.13 Å². The number of nitriles is 1. The lowest BCUT2D eigenvalue weighted by molar-refractivity contribution is -0.127. The number of carbonyl (C=O) groups excluding carboxylic acids is 1. The molecule has 5 heteroatoms. The van der Waals surface area contributed by atoms with Gasteiger partial charge >= 0.3 is 0 Å². The average molecular weight is 498 g/mol. The zero-order valence-corrected chi connectivity index (χ0v) is 21.0. The summed E-state index contributed by atoms with van der Waals surface area (Å²) in [6.07, 6.45) is 0.433. The number of benzene rings is 4. The van der Waals surface area contributed by atoms with Crippen molar-refractivity contribution in [1.82, 2.24) is 4.98 Å². The van der Waals surface area contributed by atoms with Crippen molar-refractivity contribution in [1.29, 1.82) is 5.26 Å². The van der Waals surface area contributed by atoms with Crippen molar-refractivity contribution in [2.75, 3.05) is 5.32 Å². The third kappa shape index (κ3) is 3.00. The van der Waals surface area contributed by atoms with E-state index in [-0.39, 0.29) is 11.8 Å². The van der Waals surface area contributed by atoms with E-state index in [0.717, 1.165) is 44.3 Å². The molecule has 3 aliphatic rings. The largest absolute Gasteiger partial charge is 0.301 e. The molecule has 37 heavy (non-hydrogen) atoms. The minimum Gasteiger partial charge on any atom is -0.301 e. The zero-order chi connectivity index (χ0) is 25.2. The molecule has 178 valence electrons. The highest BCUT2D eigenvalue weighted by Crippen LogP contribution is 2.63. The molecule has 4 nitrogen and oxygen atoms in total. The molecule has 5 aromatic rings. The molecule has 1 N–H and O–H groups in total. The van der Waals surface area contributed by atoms with Gasteiger partial charge in [0.25, 0.3) is 0 Å². The number of amides is 1. The van der Waals surface area contributed by atoms with Crippen LogP contribution in [0.3, 0.4) is 0 Å². The maximum Gasteiger partial charge on any atom is 0.233 e. The fourth-order valence-corrected chi connectivity index (χ4v) is 7.34. The van der Waals surface area contributed by atoms with Crippen molar-refractivity contribution >= 4 is 33.1 Å². The van der Waals surface area contributed by atoms with Crippen LogP contribution >= 0.6 is 11.3 Å². The molecule has 0 radical (unpaired) electrons. The molecule has 8 rings (SSSR count). The SMILES string of the molecule is CC1(C(=O)Nc2nc(-c3cccc4ccccc34)cs2)CC2(C#N)c3ccccc3C1c1ccccc12. The van der Waals surface area contributed by atoms with Crippen LogP contribution in [0.25, 0.3) is 22.0 Å². The van der Waals surface area contributed by atoms with Crippen molar-refractivity contribution in [3.8, 4) is 17.3 Å². The van der Waals surface area contributed by atoms with Crippen LogP contribution in [0.5, 0.6) is 0 Å². The number of rotatable bonds is 3. The van der Waals surface area contributed by atoms with Crippen molar-refractivity contribution < 1.29 is 4.79 Å². The summed E-state index contributed by atoms with van der Waals surface area (Å²) in [5.74, 6) is -0.229. The Labute approximate surface area is 219 Å². The predicted octanol–water partition coefficient (Wildman–Crippen LogP) is 7.27. The first kappa shape index (κ1) is 22.0. The van der Waals surface area contributed by atoms with Gasteiger partial charge in [0.1, 0.15) is 5.41 Å². The topological polar surface area (TPSA) is 65.8 Å². The smallest absolute Gasteiger partial charge is 0.233 e. The maximum atomic E-state index is 14.1. The van der Waals surface area contributed by atoms with Crippen LogP contribution in [0.15, 0.2) is 96.4 Å². The average Bonchev–Trinajstić information content (AvgIpc) is 3.41. The van der Waals surface area contributed by atoms with E-state index in [0.29, 0.717) is 11.6 Å². The molecular formula is C32H23N3OS. The lowest BCUT2D eigenvalue weighted by Crippen LogP contribution is -2.53. The summed E-state index contributed by atoms with van der Waals surface area (Å²) in [6.45, 7) is 2.00. The van der Waals surface area contributed by atoms with Gasteiger partial charge in [-0.1, -0.05) is 91.0 Å². The molecule has 0 fully saturated rings. The van der Waals surface area contributed by atoms with Crippen LogP contribution in [0, 0.1) is 16.7 Å². The van der Waals surface area contributed by atoms with Gasteiger partial charge in [0.15, 0.2) is 5.13 Å². The highest BCUT2D eigenvalue weighted by molar-refractivity contribution is 7.14. The Bertz CT molecular complexity index is 1710. The first-order valence-electron chi connectivity index (χ1n) is 12.4. The van der Waals surface area contributed by atoms with Gasteiger partial charge in [0.05, 0.1) is 17.2 Å². The van der Waals surface area contributed by atoms with E-state index >= 15 is 0 Å². The normalized spacial score (nSPS) is 23.2. The summed E-state index contributed by atoms with van der Waals surface area (Å²) in [5.41, 5.74) is 4.43. The van der Waals surface area contributed by atoms with E-state index < -0.39 is 10.8 Å². The molecule has 3 aliphatic carbocycles. The molecule has 0 spiro atoms. The number of fused-ring (bicyclic) bond motifs is 2. The van der Waals surface area contributed by atoms with Gasteiger partial charge < -0.3 is 5.32 Å². The standard InChI is InChI=1S/C32H23N3OS/c1-31(18-32(19-33)25-15-6-4-12-23(25)28(31)24-13-5-7-16-26(24)32)29(36)35-30-34-27(17-37-30)22-14-8-10-20-9-2-3-11-21(20)22/h2-17,28H,18H2,1H3,(H,34,35,36). The van der Waals surface area contributed by atoms with Gasteiger partial charge in [0, 0.05) is 16.9 Å². The second-order valence-electron chi connectivity index (χ2n) is 10.2. The second kappa shape index (κ2) is 7.86. The Morgan fingerprint density at radius 3 is 2.32 bits per heavy atom. The molecule has 1 unspecified atom stereocenters. The highest BCUT2D eigenvalue weighted by Gasteiger charge is 2.61. The summed E-state index contributed by atoms with van der Waals surface area (Å²) < 4.78 is 0. The molecule has 1 atom stereocenters. The summed E-state index contributed by atoms with van der Waals surface area (Å²) in [6, 6.07) is 33.3. The molecule has 0 saturated carbocycles. The second-order valence-corrected chi connectivity index (χ2v) is 11.1. The number of hydrogen-bond acceptors (Lipinski definition) is 4.